The molecule has 0 fully saturated rings. The molecule has 2 aromatic carbocycles. The minimum atomic E-state index is -0.527. The van der Waals surface area contributed by atoms with E-state index in [4.69, 9.17) is 14.5 Å². The summed E-state index contributed by atoms with van der Waals surface area (Å²) >= 11 is 0. The molecule has 115 valence electrons. The summed E-state index contributed by atoms with van der Waals surface area (Å²) < 4.78 is 5.05. The van der Waals surface area contributed by atoms with Crippen LogP contribution in [0.4, 0.5) is 0 Å². The van der Waals surface area contributed by atoms with Crippen molar-refractivity contribution in [2.75, 3.05) is 7.11 Å². The molecule has 0 aliphatic heterocycles. The normalized spacial score (nSPS) is 11.9. The van der Waals surface area contributed by atoms with Gasteiger partial charge in [-0.05, 0) is 30.2 Å². The zero-order valence-electron chi connectivity index (χ0n) is 12.7. The van der Waals surface area contributed by atoms with Gasteiger partial charge in [0.15, 0.2) is 0 Å². The topological polar surface area (TPSA) is 44.8 Å². The van der Waals surface area contributed by atoms with Crippen molar-refractivity contribution in [3.8, 4) is 11.1 Å². The first-order chi connectivity index (χ1) is 10.7. The van der Waals surface area contributed by atoms with Crippen LogP contribution in [0, 0.1) is 6.61 Å². The molecule has 0 N–H and O–H groups in total. The summed E-state index contributed by atoms with van der Waals surface area (Å²) in [7, 11) is 1.61. The molecule has 2 rings (SSSR count). The van der Waals surface area contributed by atoms with Gasteiger partial charge in [-0.25, -0.2) is 4.79 Å². The fourth-order valence-electron chi connectivity index (χ4n) is 1.83. The maximum Gasteiger partial charge on any atom is 0.373 e. The summed E-state index contributed by atoms with van der Waals surface area (Å²) in [6.45, 7) is 3.30. The minimum Gasteiger partial charge on any atom is -0.382 e. The number of carbonyl (C=O) groups excluding carboxylic acids is 1. The van der Waals surface area contributed by atoms with Crippen LogP contribution in [0.3, 0.4) is 0 Å². The second-order valence-corrected chi connectivity index (χ2v) is 4.86. The Labute approximate surface area is 130 Å². The predicted octanol–water partition coefficient (Wildman–Crippen LogP) is 4.03. The van der Waals surface area contributed by atoms with Crippen LogP contribution < -0.4 is 0 Å². The predicted molar refractivity (Wildman–Crippen MR) is 83.8 cm³/mol. The molecule has 2 aromatic rings. The van der Waals surface area contributed by atoms with Crippen molar-refractivity contribution in [3.05, 3.63) is 66.8 Å². The first-order valence-electron chi connectivity index (χ1n) is 7.08. The van der Waals surface area contributed by atoms with Crippen LogP contribution in [0.1, 0.15) is 23.7 Å². The quantitative estimate of drug-likeness (QED) is 0.440. The molecule has 0 amide bonds. The maximum atomic E-state index is 11.8. The van der Waals surface area contributed by atoms with Crippen LogP contribution in [0.25, 0.3) is 11.1 Å². The molecule has 22 heavy (non-hydrogen) atoms. The van der Waals surface area contributed by atoms with E-state index in [9.17, 15) is 4.79 Å². The lowest BCUT2D eigenvalue weighted by Crippen LogP contribution is -2.09. The Morgan fingerprint density at radius 2 is 1.68 bits per heavy atom. The highest BCUT2D eigenvalue weighted by Crippen LogP contribution is 2.19. The molecule has 0 aliphatic rings. The van der Waals surface area contributed by atoms with Gasteiger partial charge in [0, 0.05) is 13.5 Å². The monoisotopic (exact) mass is 299 g/mol. The van der Waals surface area contributed by atoms with E-state index in [1.54, 1.807) is 19.2 Å². The summed E-state index contributed by atoms with van der Waals surface area (Å²) in [6.07, 6.45) is 0.556. The van der Waals surface area contributed by atoms with Gasteiger partial charge in [-0.15, -0.1) is 0 Å². The smallest absolute Gasteiger partial charge is 0.373 e. The highest BCUT2D eigenvalue weighted by molar-refractivity contribution is 5.89. The van der Waals surface area contributed by atoms with E-state index >= 15 is 0 Å². The van der Waals surface area contributed by atoms with Crippen LogP contribution in [-0.4, -0.2) is 19.2 Å². The summed E-state index contributed by atoms with van der Waals surface area (Å²) in [5.41, 5.74) is 2.58. The standard InChI is InChI=1S/C18H19O4/c1-14(20-2)12-13-21-22-18(19)17-10-8-16(9-11-17)15-6-4-3-5-7-15/h3-11,13-14H,12H2,1-2H3. The van der Waals surface area contributed by atoms with Crippen molar-refractivity contribution >= 4 is 5.97 Å². The molecule has 4 nitrogen and oxygen atoms in total. The molecule has 1 atom stereocenters. The minimum absolute atomic E-state index is 0.0175. The number of carbonyl (C=O) groups is 1. The largest absolute Gasteiger partial charge is 0.382 e. The van der Waals surface area contributed by atoms with Crippen LogP contribution in [0.15, 0.2) is 54.6 Å². The van der Waals surface area contributed by atoms with E-state index in [-0.39, 0.29) is 6.10 Å². The first-order valence-corrected chi connectivity index (χ1v) is 7.08. The number of methoxy groups -OCH3 is 1. The highest BCUT2D eigenvalue weighted by atomic mass is 17.2. The second-order valence-electron chi connectivity index (χ2n) is 4.86. The average molecular weight is 299 g/mol. The fourth-order valence-corrected chi connectivity index (χ4v) is 1.83. The molecule has 4 heteroatoms. The van der Waals surface area contributed by atoms with Gasteiger partial charge in [0.25, 0.3) is 0 Å². The van der Waals surface area contributed by atoms with Gasteiger partial charge in [-0.2, -0.15) is 4.89 Å². The number of hydrogen-bond acceptors (Lipinski definition) is 4. The Morgan fingerprint density at radius 3 is 2.32 bits per heavy atom. The van der Waals surface area contributed by atoms with Crippen molar-refractivity contribution in [2.24, 2.45) is 0 Å². The van der Waals surface area contributed by atoms with Gasteiger partial charge >= 0.3 is 5.97 Å². The molecule has 0 heterocycles. The second kappa shape index (κ2) is 8.32. The number of benzene rings is 2. The Balaban J connectivity index is 1.86. The lowest BCUT2D eigenvalue weighted by atomic mass is 10.0. The summed E-state index contributed by atoms with van der Waals surface area (Å²) in [4.78, 5) is 21.3. The number of ether oxygens (including phenoxy) is 1. The molecule has 0 saturated carbocycles. The lowest BCUT2D eigenvalue weighted by molar-refractivity contribution is -0.215. The molecule has 0 aliphatic carbocycles. The molecular weight excluding hydrogens is 280 g/mol. The van der Waals surface area contributed by atoms with Crippen molar-refractivity contribution in [2.45, 2.75) is 19.4 Å². The Kier molecular flexibility index (Phi) is 6.13. The van der Waals surface area contributed by atoms with Gasteiger partial charge in [0.2, 0.25) is 0 Å². The van der Waals surface area contributed by atoms with Crippen molar-refractivity contribution < 1.29 is 19.3 Å². The summed E-state index contributed by atoms with van der Waals surface area (Å²) in [5, 5.41) is 0. The van der Waals surface area contributed by atoms with Gasteiger partial charge < -0.3 is 4.74 Å². The van der Waals surface area contributed by atoms with Gasteiger partial charge in [-0.3, -0.25) is 4.89 Å². The van der Waals surface area contributed by atoms with Crippen LogP contribution >= 0.6 is 0 Å². The Bertz CT molecular complexity index is 578. The van der Waals surface area contributed by atoms with E-state index in [1.807, 2.05) is 49.4 Å². The highest BCUT2D eigenvalue weighted by Gasteiger charge is 2.09. The van der Waals surface area contributed by atoms with Gasteiger partial charge in [0.1, 0.15) is 6.61 Å². The van der Waals surface area contributed by atoms with E-state index in [1.165, 1.54) is 6.61 Å². The van der Waals surface area contributed by atoms with Crippen LogP contribution in [0.5, 0.6) is 0 Å². The van der Waals surface area contributed by atoms with Crippen molar-refractivity contribution in [1.82, 2.24) is 0 Å². The third kappa shape index (κ3) is 4.69. The molecule has 0 bridgehead atoms. The number of hydrogen-bond donors (Lipinski definition) is 0. The third-order valence-electron chi connectivity index (χ3n) is 3.25. The van der Waals surface area contributed by atoms with E-state index in [0.717, 1.165) is 11.1 Å². The van der Waals surface area contributed by atoms with Gasteiger partial charge in [-0.1, -0.05) is 42.5 Å². The molecule has 1 radical (unpaired) electrons. The number of rotatable bonds is 7. The summed E-state index contributed by atoms with van der Waals surface area (Å²) in [6, 6.07) is 17.1. The third-order valence-corrected chi connectivity index (χ3v) is 3.25. The molecule has 0 spiro atoms. The van der Waals surface area contributed by atoms with Crippen LogP contribution in [0.2, 0.25) is 0 Å². The molecular formula is C18H19O4. The molecule has 1 unspecified atom stereocenters. The van der Waals surface area contributed by atoms with Crippen molar-refractivity contribution in [1.29, 1.82) is 0 Å². The fraction of sp³-hybridized carbons (Fsp3) is 0.222. The zero-order chi connectivity index (χ0) is 15.8. The summed E-state index contributed by atoms with van der Waals surface area (Å²) in [5.74, 6) is -0.527. The first kappa shape index (κ1) is 16.2. The average Bonchev–Trinajstić information content (AvgIpc) is 2.59. The van der Waals surface area contributed by atoms with Crippen molar-refractivity contribution in [3.63, 3.8) is 0 Å². The Hall–Kier alpha value is -2.17. The van der Waals surface area contributed by atoms with E-state index < -0.39 is 5.97 Å². The maximum absolute atomic E-state index is 11.8. The molecule has 0 aromatic heterocycles. The van der Waals surface area contributed by atoms with Crippen LogP contribution in [-0.2, 0) is 14.5 Å². The zero-order valence-corrected chi connectivity index (χ0v) is 12.7. The van der Waals surface area contributed by atoms with E-state index in [2.05, 4.69) is 0 Å². The van der Waals surface area contributed by atoms with E-state index in [0.29, 0.717) is 12.0 Å². The lowest BCUT2D eigenvalue weighted by Gasteiger charge is -2.08. The van der Waals surface area contributed by atoms with Gasteiger partial charge in [0.05, 0.1) is 11.7 Å². The Morgan fingerprint density at radius 1 is 1.05 bits per heavy atom. The molecule has 0 saturated heterocycles. The SMILES string of the molecule is COC(C)C[CH]OOC(=O)c1ccc(-c2ccccc2)cc1.